The first-order valence-corrected chi connectivity index (χ1v) is 7.56. The summed E-state index contributed by atoms with van der Waals surface area (Å²) in [6, 6.07) is 18.0. The summed E-state index contributed by atoms with van der Waals surface area (Å²) in [5, 5.41) is 0. The van der Waals surface area contributed by atoms with Gasteiger partial charge in [0.15, 0.2) is 0 Å². The van der Waals surface area contributed by atoms with Crippen LogP contribution in [0.15, 0.2) is 86.0 Å². The van der Waals surface area contributed by atoms with Crippen LogP contribution in [0.25, 0.3) is 11.5 Å². The zero-order chi connectivity index (χ0) is 18.2. The summed E-state index contributed by atoms with van der Waals surface area (Å²) in [6.45, 7) is 11.0. The molecule has 0 N–H and O–H groups in total. The van der Waals surface area contributed by atoms with E-state index in [4.69, 9.17) is 9.47 Å². The maximum Gasteiger partial charge on any atom is 0.339 e. The molecule has 0 saturated heterocycles. The highest BCUT2D eigenvalue weighted by Gasteiger charge is 2.17. The highest BCUT2D eigenvalue weighted by atomic mass is 16.5. The summed E-state index contributed by atoms with van der Waals surface area (Å²) in [6.07, 6.45) is -0.299. The van der Waals surface area contributed by atoms with Crippen molar-refractivity contribution < 1.29 is 19.1 Å². The van der Waals surface area contributed by atoms with E-state index in [2.05, 4.69) is 19.7 Å². The third-order valence-electron chi connectivity index (χ3n) is 3.29. The van der Waals surface area contributed by atoms with E-state index < -0.39 is 11.9 Å². The van der Waals surface area contributed by atoms with E-state index in [0.717, 1.165) is 0 Å². The molecule has 2 rings (SSSR count). The lowest BCUT2D eigenvalue weighted by molar-refractivity contribution is -0.139. The highest BCUT2D eigenvalue weighted by Crippen LogP contribution is 2.18. The van der Waals surface area contributed by atoms with Crippen molar-refractivity contribution in [1.82, 2.24) is 0 Å². The third kappa shape index (κ3) is 5.32. The van der Waals surface area contributed by atoms with Crippen LogP contribution < -0.4 is 0 Å². The number of hydrogen-bond donors (Lipinski definition) is 0. The molecule has 0 aromatic heterocycles. The van der Waals surface area contributed by atoms with Crippen molar-refractivity contribution in [2.75, 3.05) is 0 Å². The lowest BCUT2D eigenvalue weighted by atomic mass is 10.2. The quantitative estimate of drug-likeness (QED) is 0.429. The predicted molar refractivity (Wildman–Crippen MR) is 96.9 cm³/mol. The number of benzene rings is 2. The molecular formula is C21H18O4. The van der Waals surface area contributed by atoms with Crippen molar-refractivity contribution in [3.05, 3.63) is 97.1 Å². The summed E-state index contributed by atoms with van der Waals surface area (Å²) in [7, 11) is 0. The summed E-state index contributed by atoms with van der Waals surface area (Å²) in [4.78, 5) is 23.9. The lowest BCUT2D eigenvalue weighted by Crippen LogP contribution is -2.12. The van der Waals surface area contributed by atoms with E-state index in [9.17, 15) is 9.59 Å². The molecule has 25 heavy (non-hydrogen) atoms. The Hall–Kier alpha value is -3.40. The standard InChI is InChI=1S/C21H18O4/c1-15(21(23)25-17(3)19-12-8-5-9-13-19)14-20(22)24-16(2)18-10-6-4-7-11-18/h4-13H,1-3,14H2. The fourth-order valence-electron chi connectivity index (χ4n) is 1.97. The van der Waals surface area contributed by atoms with Gasteiger partial charge in [-0.2, -0.15) is 0 Å². The fraction of sp³-hybridized carbons (Fsp3) is 0.0476. The van der Waals surface area contributed by atoms with Crippen LogP contribution in [0.1, 0.15) is 17.5 Å². The normalized spacial score (nSPS) is 9.76. The van der Waals surface area contributed by atoms with Gasteiger partial charge in [-0.05, 0) is 0 Å². The molecule has 0 atom stereocenters. The fourth-order valence-corrected chi connectivity index (χ4v) is 1.97. The zero-order valence-electron chi connectivity index (χ0n) is 13.7. The van der Waals surface area contributed by atoms with Gasteiger partial charge < -0.3 is 9.47 Å². The third-order valence-corrected chi connectivity index (χ3v) is 3.29. The minimum absolute atomic E-state index is 0.0251. The second-order valence-electron chi connectivity index (χ2n) is 5.22. The van der Waals surface area contributed by atoms with E-state index in [1.54, 1.807) is 48.5 Å². The van der Waals surface area contributed by atoms with Gasteiger partial charge >= 0.3 is 11.9 Å². The van der Waals surface area contributed by atoms with E-state index >= 15 is 0 Å². The average Bonchev–Trinajstić information content (AvgIpc) is 2.62. The molecule has 4 heteroatoms. The van der Waals surface area contributed by atoms with E-state index in [-0.39, 0.29) is 23.5 Å². The van der Waals surface area contributed by atoms with Crippen LogP contribution in [0.3, 0.4) is 0 Å². The van der Waals surface area contributed by atoms with E-state index in [1.807, 2.05) is 12.1 Å². The van der Waals surface area contributed by atoms with Crippen molar-refractivity contribution >= 4 is 23.5 Å². The Morgan fingerprint density at radius 2 is 1.16 bits per heavy atom. The second kappa shape index (κ2) is 8.45. The SMILES string of the molecule is C=C(CC(=O)OC(=C)c1ccccc1)C(=O)OC(=C)c1ccccc1. The van der Waals surface area contributed by atoms with E-state index in [0.29, 0.717) is 11.1 Å². The maximum absolute atomic E-state index is 12.0. The summed E-state index contributed by atoms with van der Waals surface area (Å²) in [5.74, 6) is -0.966. The summed E-state index contributed by atoms with van der Waals surface area (Å²) in [5.41, 5.74) is 1.33. The first-order valence-electron chi connectivity index (χ1n) is 7.56. The minimum Gasteiger partial charge on any atom is -0.426 e. The molecule has 0 bridgehead atoms. The molecule has 0 spiro atoms. The van der Waals surface area contributed by atoms with Crippen LogP contribution in [0.2, 0.25) is 0 Å². The van der Waals surface area contributed by atoms with Crippen LogP contribution in [0.4, 0.5) is 0 Å². The van der Waals surface area contributed by atoms with Gasteiger partial charge in [-0.3, -0.25) is 4.79 Å². The molecule has 0 amide bonds. The van der Waals surface area contributed by atoms with Crippen LogP contribution >= 0.6 is 0 Å². The molecule has 2 aromatic carbocycles. The van der Waals surface area contributed by atoms with Crippen molar-refractivity contribution in [2.24, 2.45) is 0 Å². The van der Waals surface area contributed by atoms with Crippen LogP contribution in [0, 0.1) is 0 Å². The molecule has 0 unspecified atom stereocenters. The van der Waals surface area contributed by atoms with Gasteiger partial charge in [0.2, 0.25) is 0 Å². The number of rotatable bonds is 7. The average molecular weight is 334 g/mol. The van der Waals surface area contributed by atoms with Crippen molar-refractivity contribution in [3.8, 4) is 0 Å². The molecule has 0 heterocycles. The smallest absolute Gasteiger partial charge is 0.339 e. The number of carbonyl (C=O) groups is 2. The molecule has 0 fully saturated rings. The lowest BCUT2D eigenvalue weighted by Gasteiger charge is -2.10. The van der Waals surface area contributed by atoms with Crippen molar-refractivity contribution in [3.63, 3.8) is 0 Å². The van der Waals surface area contributed by atoms with Crippen LogP contribution in [-0.4, -0.2) is 11.9 Å². The molecule has 4 nitrogen and oxygen atoms in total. The van der Waals surface area contributed by atoms with Crippen molar-refractivity contribution in [1.29, 1.82) is 0 Å². The van der Waals surface area contributed by atoms with Gasteiger partial charge in [0.05, 0.1) is 6.42 Å². The molecule has 126 valence electrons. The van der Waals surface area contributed by atoms with Gasteiger partial charge in [0.25, 0.3) is 0 Å². The molecular weight excluding hydrogens is 316 g/mol. The topological polar surface area (TPSA) is 52.6 Å². The predicted octanol–water partition coefficient (Wildman–Crippen LogP) is 4.36. The zero-order valence-corrected chi connectivity index (χ0v) is 13.7. The van der Waals surface area contributed by atoms with Crippen LogP contribution in [-0.2, 0) is 19.1 Å². The van der Waals surface area contributed by atoms with Gasteiger partial charge in [0, 0.05) is 16.7 Å². The maximum atomic E-state index is 12.0. The largest absolute Gasteiger partial charge is 0.426 e. The highest BCUT2D eigenvalue weighted by molar-refractivity contribution is 5.96. The Bertz CT molecular complexity index is 804. The molecule has 0 radical (unpaired) electrons. The first-order chi connectivity index (χ1) is 12.0. The van der Waals surface area contributed by atoms with E-state index in [1.165, 1.54) is 0 Å². The monoisotopic (exact) mass is 334 g/mol. The Balaban J connectivity index is 1.86. The molecule has 0 aliphatic carbocycles. The second-order valence-corrected chi connectivity index (χ2v) is 5.22. The molecule has 2 aromatic rings. The van der Waals surface area contributed by atoms with Gasteiger partial charge in [0.1, 0.15) is 11.5 Å². The van der Waals surface area contributed by atoms with Crippen molar-refractivity contribution in [2.45, 2.75) is 6.42 Å². The number of carbonyl (C=O) groups excluding carboxylic acids is 2. The summed E-state index contributed by atoms with van der Waals surface area (Å²) < 4.78 is 10.2. The van der Waals surface area contributed by atoms with Gasteiger partial charge in [-0.25, -0.2) is 4.79 Å². The Morgan fingerprint density at radius 3 is 1.64 bits per heavy atom. The van der Waals surface area contributed by atoms with Gasteiger partial charge in [-0.1, -0.05) is 80.4 Å². The Morgan fingerprint density at radius 1 is 0.720 bits per heavy atom. The molecule has 0 aliphatic heterocycles. The number of hydrogen-bond acceptors (Lipinski definition) is 4. The summed E-state index contributed by atoms with van der Waals surface area (Å²) >= 11 is 0. The first kappa shape index (κ1) is 17.9. The molecule has 0 saturated carbocycles. The Labute approximate surface area is 146 Å². The van der Waals surface area contributed by atoms with Gasteiger partial charge in [-0.15, -0.1) is 0 Å². The number of ether oxygens (including phenoxy) is 2. The van der Waals surface area contributed by atoms with Crippen LogP contribution in [0.5, 0.6) is 0 Å². The minimum atomic E-state index is -0.726. The number of esters is 2. The Kier molecular flexibility index (Phi) is 6.07. The molecule has 0 aliphatic rings.